The summed E-state index contributed by atoms with van der Waals surface area (Å²) in [5.41, 5.74) is 0. The highest BCUT2D eigenvalue weighted by Gasteiger charge is 2.20. The highest BCUT2D eigenvalue weighted by molar-refractivity contribution is 5.00. The molecule has 0 aromatic heterocycles. The molecule has 0 amide bonds. The summed E-state index contributed by atoms with van der Waals surface area (Å²) in [7, 11) is 0. The molecule has 1 aliphatic rings. The summed E-state index contributed by atoms with van der Waals surface area (Å²) >= 11 is 0. The molecule has 0 aliphatic heterocycles. The van der Waals surface area contributed by atoms with Crippen LogP contribution in [0.1, 0.15) is 6.42 Å². The van der Waals surface area contributed by atoms with Crippen molar-refractivity contribution >= 4 is 0 Å². The molecule has 0 aromatic rings. The summed E-state index contributed by atoms with van der Waals surface area (Å²) in [5.74, 6) is 0.477. The molecule has 1 rings (SSSR count). The molecular formula is C7H12O2. The van der Waals surface area contributed by atoms with E-state index in [1.54, 1.807) is 0 Å². The lowest BCUT2D eigenvalue weighted by atomic mass is 9.98. The average Bonchev–Trinajstić information content (AvgIpc) is 2.33. The predicted octanol–water partition coefficient (Wildman–Crippen LogP) is 0.163. The van der Waals surface area contributed by atoms with Gasteiger partial charge in [-0.25, -0.2) is 0 Å². The number of aliphatic hydroxyl groups excluding tert-OH is 2. The van der Waals surface area contributed by atoms with Gasteiger partial charge in [0.1, 0.15) is 0 Å². The van der Waals surface area contributed by atoms with Crippen LogP contribution in [-0.4, -0.2) is 23.4 Å². The first-order chi connectivity index (χ1) is 4.38. The standard InChI is InChI=1S/C7H12O2/c8-4-6-2-1-3-7(6)5-9/h1-2,6-9H,3-5H2/t6-,7-/m0/s1. The van der Waals surface area contributed by atoms with Crippen molar-refractivity contribution < 1.29 is 10.2 Å². The zero-order valence-electron chi connectivity index (χ0n) is 5.33. The third-order valence-electron chi connectivity index (χ3n) is 1.87. The molecule has 0 saturated carbocycles. The predicted molar refractivity (Wildman–Crippen MR) is 34.9 cm³/mol. The first kappa shape index (κ1) is 6.78. The van der Waals surface area contributed by atoms with Gasteiger partial charge in [0.05, 0.1) is 0 Å². The summed E-state index contributed by atoms with van der Waals surface area (Å²) in [6, 6.07) is 0. The van der Waals surface area contributed by atoms with E-state index in [2.05, 4.69) is 0 Å². The van der Waals surface area contributed by atoms with Crippen molar-refractivity contribution in [3.05, 3.63) is 12.2 Å². The largest absolute Gasteiger partial charge is 0.396 e. The second-order valence-electron chi connectivity index (χ2n) is 2.45. The van der Waals surface area contributed by atoms with E-state index in [1.807, 2.05) is 12.2 Å². The maximum Gasteiger partial charge on any atom is 0.0497 e. The normalized spacial score (nSPS) is 33.6. The van der Waals surface area contributed by atoms with Crippen molar-refractivity contribution in [2.45, 2.75) is 6.42 Å². The fraction of sp³-hybridized carbons (Fsp3) is 0.714. The number of rotatable bonds is 2. The minimum Gasteiger partial charge on any atom is -0.396 e. The minimum absolute atomic E-state index is 0.168. The molecule has 0 spiro atoms. The Hall–Kier alpha value is -0.340. The fourth-order valence-electron chi connectivity index (χ4n) is 1.18. The van der Waals surface area contributed by atoms with E-state index in [4.69, 9.17) is 10.2 Å². The lowest BCUT2D eigenvalue weighted by molar-refractivity contribution is 0.155. The van der Waals surface area contributed by atoms with Crippen molar-refractivity contribution in [1.82, 2.24) is 0 Å². The first-order valence-corrected chi connectivity index (χ1v) is 3.27. The van der Waals surface area contributed by atoms with Gasteiger partial charge >= 0.3 is 0 Å². The van der Waals surface area contributed by atoms with Gasteiger partial charge in [-0.1, -0.05) is 12.2 Å². The van der Waals surface area contributed by atoms with Crippen molar-refractivity contribution in [2.75, 3.05) is 13.2 Å². The molecule has 2 atom stereocenters. The van der Waals surface area contributed by atoms with Crippen LogP contribution in [0.5, 0.6) is 0 Å². The van der Waals surface area contributed by atoms with Crippen LogP contribution in [0.4, 0.5) is 0 Å². The average molecular weight is 128 g/mol. The summed E-state index contributed by atoms with van der Waals surface area (Å²) in [5, 5.41) is 17.4. The van der Waals surface area contributed by atoms with Crippen LogP contribution in [0.25, 0.3) is 0 Å². The molecular weight excluding hydrogens is 116 g/mol. The Morgan fingerprint density at radius 1 is 1.33 bits per heavy atom. The second-order valence-corrected chi connectivity index (χ2v) is 2.45. The molecule has 0 heterocycles. The van der Waals surface area contributed by atoms with E-state index in [0.29, 0.717) is 0 Å². The summed E-state index contributed by atoms with van der Waals surface area (Å²) in [6.45, 7) is 0.361. The molecule has 2 N–H and O–H groups in total. The third-order valence-corrected chi connectivity index (χ3v) is 1.87. The summed E-state index contributed by atoms with van der Waals surface area (Å²) < 4.78 is 0. The van der Waals surface area contributed by atoms with Gasteiger partial charge in [0, 0.05) is 19.1 Å². The summed E-state index contributed by atoms with van der Waals surface area (Å²) in [6.07, 6.45) is 4.91. The highest BCUT2D eigenvalue weighted by Crippen LogP contribution is 2.23. The zero-order chi connectivity index (χ0) is 6.69. The molecule has 0 saturated heterocycles. The van der Waals surface area contributed by atoms with E-state index in [-0.39, 0.29) is 25.0 Å². The van der Waals surface area contributed by atoms with E-state index in [9.17, 15) is 0 Å². The molecule has 9 heavy (non-hydrogen) atoms. The maximum absolute atomic E-state index is 8.72. The number of hydrogen-bond acceptors (Lipinski definition) is 2. The lowest BCUT2D eigenvalue weighted by Crippen LogP contribution is -2.15. The fourth-order valence-corrected chi connectivity index (χ4v) is 1.18. The van der Waals surface area contributed by atoms with Crippen molar-refractivity contribution in [3.8, 4) is 0 Å². The van der Waals surface area contributed by atoms with E-state index in [1.165, 1.54) is 0 Å². The molecule has 0 unspecified atom stereocenters. The molecule has 0 fully saturated rings. The van der Waals surface area contributed by atoms with E-state index >= 15 is 0 Å². The SMILES string of the molecule is OC[C@@H]1CC=C[C@H]1CO. The second kappa shape index (κ2) is 2.99. The van der Waals surface area contributed by atoms with Gasteiger partial charge in [-0.15, -0.1) is 0 Å². The quantitative estimate of drug-likeness (QED) is 0.520. The highest BCUT2D eigenvalue weighted by atomic mass is 16.3. The van der Waals surface area contributed by atoms with Crippen molar-refractivity contribution in [3.63, 3.8) is 0 Å². The zero-order valence-corrected chi connectivity index (χ0v) is 5.33. The molecule has 2 nitrogen and oxygen atoms in total. The van der Waals surface area contributed by atoms with Gasteiger partial charge < -0.3 is 10.2 Å². The van der Waals surface area contributed by atoms with Crippen LogP contribution in [0.2, 0.25) is 0 Å². The summed E-state index contributed by atoms with van der Waals surface area (Å²) in [4.78, 5) is 0. The monoisotopic (exact) mass is 128 g/mol. The Morgan fingerprint density at radius 2 is 2.11 bits per heavy atom. The van der Waals surface area contributed by atoms with Crippen LogP contribution in [0.3, 0.4) is 0 Å². The van der Waals surface area contributed by atoms with Crippen LogP contribution in [-0.2, 0) is 0 Å². The lowest BCUT2D eigenvalue weighted by Gasteiger charge is -2.12. The number of hydrogen-bond donors (Lipinski definition) is 2. The number of aliphatic hydroxyl groups is 2. The Kier molecular flexibility index (Phi) is 2.25. The minimum atomic E-state index is 0.168. The first-order valence-electron chi connectivity index (χ1n) is 3.27. The van der Waals surface area contributed by atoms with Gasteiger partial charge in [-0.05, 0) is 12.3 Å². The molecule has 1 aliphatic carbocycles. The van der Waals surface area contributed by atoms with E-state index < -0.39 is 0 Å². The van der Waals surface area contributed by atoms with Crippen LogP contribution in [0.15, 0.2) is 12.2 Å². The molecule has 2 heteroatoms. The maximum atomic E-state index is 8.72. The molecule has 0 bridgehead atoms. The third kappa shape index (κ3) is 1.32. The molecule has 0 radical (unpaired) electrons. The Labute approximate surface area is 54.8 Å². The van der Waals surface area contributed by atoms with E-state index in [0.717, 1.165) is 6.42 Å². The van der Waals surface area contributed by atoms with Crippen LogP contribution in [0, 0.1) is 11.8 Å². The Bertz CT molecular complexity index is 109. The Morgan fingerprint density at radius 3 is 2.56 bits per heavy atom. The smallest absolute Gasteiger partial charge is 0.0497 e. The van der Waals surface area contributed by atoms with Gasteiger partial charge in [0.2, 0.25) is 0 Å². The van der Waals surface area contributed by atoms with Crippen LogP contribution >= 0.6 is 0 Å². The molecule has 52 valence electrons. The topological polar surface area (TPSA) is 40.5 Å². The molecule has 0 aromatic carbocycles. The van der Waals surface area contributed by atoms with Gasteiger partial charge in [-0.3, -0.25) is 0 Å². The Balaban J connectivity index is 2.39. The van der Waals surface area contributed by atoms with Gasteiger partial charge in [0.15, 0.2) is 0 Å². The van der Waals surface area contributed by atoms with Gasteiger partial charge in [-0.2, -0.15) is 0 Å². The van der Waals surface area contributed by atoms with Gasteiger partial charge in [0.25, 0.3) is 0 Å². The van der Waals surface area contributed by atoms with Crippen molar-refractivity contribution in [1.29, 1.82) is 0 Å². The number of allylic oxidation sites excluding steroid dienone is 1. The van der Waals surface area contributed by atoms with Crippen molar-refractivity contribution in [2.24, 2.45) is 11.8 Å². The van der Waals surface area contributed by atoms with Crippen LogP contribution < -0.4 is 0 Å².